The van der Waals surface area contributed by atoms with Crippen LogP contribution in [0.3, 0.4) is 0 Å². The predicted octanol–water partition coefficient (Wildman–Crippen LogP) is -3.78. The van der Waals surface area contributed by atoms with Gasteiger partial charge in [0.25, 0.3) is 0 Å². The molecule has 3 aromatic carbocycles. The predicted molar refractivity (Wildman–Crippen MR) is 142 cm³/mol. The number of halogens is 3. The van der Waals surface area contributed by atoms with Gasteiger partial charge in [0.15, 0.2) is 0 Å². The van der Waals surface area contributed by atoms with Crippen molar-refractivity contribution in [3.05, 3.63) is 103 Å². The number of rotatable bonds is 4. The van der Waals surface area contributed by atoms with Crippen LogP contribution in [0.25, 0.3) is 21.8 Å². The zero-order valence-electron chi connectivity index (χ0n) is 20.8. The van der Waals surface area contributed by atoms with Crippen LogP contribution >= 0.6 is 0 Å². The van der Waals surface area contributed by atoms with Crippen LogP contribution < -0.4 is 42.0 Å². The Kier molecular flexibility index (Phi) is 19.2. The Morgan fingerprint density at radius 1 is 0.718 bits per heavy atom. The van der Waals surface area contributed by atoms with E-state index < -0.39 is 5.97 Å². The van der Waals surface area contributed by atoms with E-state index in [2.05, 4.69) is 9.97 Å². The number of aromatic hydroxyl groups is 2. The molecule has 5 rings (SSSR count). The Balaban J connectivity index is 0. The van der Waals surface area contributed by atoms with E-state index in [1.165, 1.54) is 0 Å². The molecule has 4 radical (unpaired) electrons. The van der Waals surface area contributed by atoms with Gasteiger partial charge >= 0.3 is 5.97 Å². The number of hydrogen-bond donors (Lipinski definition) is 3. The minimum atomic E-state index is -0.786. The summed E-state index contributed by atoms with van der Waals surface area (Å²) in [6.45, 7) is 0. The van der Waals surface area contributed by atoms with Crippen LogP contribution in [0.1, 0.15) is 12.0 Å². The van der Waals surface area contributed by atoms with Crippen LogP contribution in [-0.2, 0) is 11.2 Å². The van der Waals surface area contributed by atoms with Crippen molar-refractivity contribution in [2.24, 2.45) is 0 Å². The third-order valence-electron chi connectivity index (χ3n) is 5.02. The summed E-state index contributed by atoms with van der Waals surface area (Å²) >= 11 is 0. The molecular weight excluding hydrogens is 623 g/mol. The van der Waals surface area contributed by atoms with E-state index in [1.807, 2.05) is 60.7 Å². The number of aryl methyl sites for hydroxylation is 1. The summed E-state index contributed by atoms with van der Waals surface area (Å²) in [6.07, 6.45) is 3.99. The number of carboxylic acids is 1. The summed E-state index contributed by atoms with van der Waals surface area (Å²) in [5.41, 5.74) is 2.26. The molecule has 0 amide bonds. The van der Waals surface area contributed by atoms with Gasteiger partial charge in [-0.2, -0.15) is 0 Å². The van der Waals surface area contributed by atoms with E-state index in [0.29, 0.717) is 17.5 Å². The number of fused-ring (bicyclic) bond motifs is 2. The van der Waals surface area contributed by atoms with Gasteiger partial charge < -0.3 is 57.3 Å². The number of aromatic nitrogens is 2. The first-order valence-corrected chi connectivity index (χ1v) is 10.9. The Labute approximate surface area is 256 Å². The van der Waals surface area contributed by atoms with Gasteiger partial charge in [0.1, 0.15) is 28.3 Å². The van der Waals surface area contributed by atoms with Gasteiger partial charge in [-0.3, -0.25) is 14.8 Å². The third-order valence-corrected chi connectivity index (χ3v) is 5.02. The first-order valence-electron chi connectivity index (χ1n) is 10.9. The first-order chi connectivity index (χ1) is 17.0. The molecule has 2 aromatic heterocycles. The quantitative estimate of drug-likeness (QED) is 0.172. The standard InChI is InChI=1S/C10H12O3.2C9H7NO.3ClH.Ge/c1-13-9-5-3-2-4-8(9)6-7-10(11)12;2*11-8-5-1-3-7-4-2-6-10-9(7)8;;;;/h2-5H,6-7H2,1H3,(H,11,12);2*1-6,11H;3*1H;/p-3. The fraction of sp³-hybridized carbons (Fsp3) is 0.107. The molecule has 39 heavy (non-hydrogen) atoms. The molecule has 0 bridgehead atoms. The Morgan fingerprint density at radius 3 is 1.62 bits per heavy atom. The molecule has 0 atom stereocenters. The van der Waals surface area contributed by atoms with Crippen molar-refractivity contribution in [1.82, 2.24) is 9.97 Å². The number of aliphatic carboxylic acids is 1. The minimum absolute atomic E-state index is 0. The molecule has 7 nitrogen and oxygen atoms in total. The van der Waals surface area contributed by atoms with Gasteiger partial charge in [0.05, 0.1) is 7.11 Å². The zero-order valence-corrected chi connectivity index (χ0v) is 25.2. The fourth-order valence-electron chi connectivity index (χ4n) is 3.33. The van der Waals surface area contributed by atoms with Crippen molar-refractivity contribution in [3.8, 4) is 17.2 Å². The molecule has 0 spiro atoms. The number of para-hydroxylation sites is 3. The summed E-state index contributed by atoms with van der Waals surface area (Å²) in [6, 6.07) is 25.7. The van der Waals surface area contributed by atoms with Crippen LogP contribution in [-0.4, -0.2) is 56.0 Å². The molecule has 11 heteroatoms. The number of phenols is 2. The molecule has 5 aromatic rings. The van der Waals surface area contributed by atoms with Crippen molar-refractivity contribution in [2.45, 2.75) is 12.8 Å². The monoisotopic (exact) mass is 649 g/mol. The van der Waals surface area contributed by atoms with Gasteiger partial charge in [-0.15, -0.1) is 0 Å². The second-order valence-electron chi connectivity index (χ2n) is 7.41. The largest absolute Gasteiger partial charge is 1.00 e. The molecule has 0 saturated heterocycles. The van der Waals surface area contributed by atoms with Gasteiger partial charge in [0, 0.05) is 47.2 Å². The Hall–Kier alpha value is -3.24. The van der Waals surface area contributed by atoms with Crippen molar-refractivity contribution in [3.63, 3.8) is 0 Å². The van der Waals surface area contributed by atoms with Crippen molar-refractivity contribution in [2.75, 3.05) is 7.11 Å². The maximum Gasteiger partial charge on any atom is 0.303 e. The maximum atomic E-state index is 10.3. The van der Waals surface area contributed by atoms with Crippen LogP contribution in [0.5, 0.6) is 17.2 Å². The number of phenolic OH excluding ortho intramolecular Hbond substituents is 2. The molecule has 3 N–H and O–H groups in total. The third kappa shape index (κ3) is 11.6. The molecule has 0 unspecified atom stereocenters. The number of hydrogen-bond acceptors (Lipinski definition) is 6. The molecule has 206 valence electrons. The smallest absolute Gasteiger partial charge is 0.303 e. The zero-order chi connectivity index (χ0) is 25.0. The summed E-state index contributed by atoms with van der Waals surface area (Å²) in [7, 11) is 1.58. The number of nitrogens with zero attached hydrogens (tertiary/aromatic N) is 2. The first kappa shape index (κ1) is 37.9. The summed E-state index contributed by atoms with van der Waals surface area (Å²) in [5.74, 6) is 0.445. The summed E-state index contributed by atoms with van der Waals surface area (Å²) < 4.78 is 5.08. The second-order valence-corrected chi connectivity index (χ2v) is 7.41. The van der Waals surface area contributed by atoms with Crippen LogP contribution in [0, 0.1) is 0 Å². The topological polar surface area (TPSA) is 113 Å². The normalized spacial score (nSPS) is 8.95. The summed E-state index contributed by atoms with van der Waals surface area (Å²) in [5, 5.41) is 29.0. The number of pyridine rings is 2. The van der Waals surface area contributed by atoms with E-state index in [0.717, 1.165) is 22.1 Å². The molecule has 0 aliphatic heterocycles. The van der Waals surface area contributed by atoms with E-state index in [4.69, 9.17) is 9.84 Å². The second kappa shape index (κ2) is 19.8. The molecule has 0 saturated carbocycles. The number of methoxy groups -OCH3 is 1. The van der Waals surface area contributed by atoms with Crippen molar-refractivity contribution in [1.29, 1.82) is 0 Å². The molecule has 0 aliphatic rings. The number of ether oxygens (including phenoxy) is 1. The van der Waals surface area contributed by atoms with Crippen LogP contribution in [0.4, 0.5) is 0 Å². The van der Waals surface area contributed by atoms with Crippen molar-refractivity contribution < 1.29 is 62.1 Å². The Bertz CT molecular complexity index is 1340. The van der Waals surface area contributed by atoms with Gasteiger partial charge in [0.2, 0.25) is 0 Å². The van der Waals surface area contributed by atoms with E-state index >= 15 is 0 Å². The van der Waals surface area contributed by atoms with Crippen LogP contribution in [0.2, 0.25) is 0 Å². The van der Waals surface area contributed by atoms with Gasteiger partial charge in [-0.05, 0) is 42.3 Å². The van der Waals surface area contributed by atoms with E-state index in [1.54, 1.807) is 43.8 Å². The van der Waals surface area contributed by atoms with Gasteiger partial charge in [-0.1, -0.05) is 54.6 Å². The van der Waals surface area contributed by atoms with E-state index in [9.17, 15) is 15.0 Å². The van der Waals surface area contributed by atoms with Gasteiger partial charge in [-0.25, -0.2) is 0 Å². The minimum Gasteiger partial charge on any atom is -1.00 e. The number of carboxylic acid groups (broad SMARTS) is 1. The van der Waals surface area contributed by atoms with Crippen molar-refractivity contribution >= 4 is 45.4 Å². The van der Waals surface area contributed by atoms with E-state index in [-0.39, 0.29) is 72.7 Å². The average molecular weight is 649 g/mol. The average Bonchev–Trinajstić information content (AvgIpc) is 2.89. The maximum absolute atomic E-state index is 10.3. The molecular formula is C28H26Cl3GeN2O5-3. The fourth-order valence-corrected chi connectivity index (χ4v) is 3.33. The summed E-state index contributed by atoms with van der Waals surface area (Å²) in [4.78, 5) is 18.4. The SMILES string of the molecule is COc1ccccc1CCC(=O)O.Oc1cccc2cccnc12.Oc1cccc2cccnc12.[Cl-].[Cl-].[Cl-].[Ge]. The van der Waals surface area contributed by atoms with Crippen LogP contribution in [0.15, 0.2) is 97.3 Å². The molecule has 0 fully saturated rings. The number of benzene rings is 3. The molecule has 0 aliphatic carbocycles. The Morgan fingerprint density at radius 2 is 1.18 bits per heavy atom. The molecule has 2 heterocycles. The number of carbonyl (C=O) groups is 1.